The maximum absolute atomic E-state index is 12.8. The van der Waals surface area contributed by atoms with E-state index in [-0.39, 0.29) is 17.9 Å². The number of hydrogen-bond acceptors (Lipinski definition) is 4. The molecule has 0 N–H and O–H groups in total. The summed E-state index contributed by atoms with van der Waals surface area (Å²) >= 11 is 3.42. The maximum atomic E-state index is 12.8. The van der Waals surface area contributed by atoms with Gasteiger partial charge in [-0.2, -0.15) is 0 Å². The Kier molecular flexibility index (Phi) is 5.74. The Morgan fingerprint density at radius 3 is 2.38 bits per heavy atom. The second kappa shape index (κ2) is 8.01. The summed E-state index contributed by atoms with van der Waals surface area (Å²) in [5.74, 6) is -0.243. The van der Waals surface area contributed by atoms with Crippen LogP contribution in [0.2, 0.25) is 0 Å². The summed E-state index contributed by atoms with van der Waals surface area (Å²) in [5.41, 5.74) is 2.52. The van der Waals surface area contributed by atoms with Crippen LogP contribution in [0.1, 0.15) is 22.8 Å². The lowest BCUT2D eigenvalue weighted by Crippen LogP contribution is -2.55. The first-order valence-corrected chi connectivity index (χ1v) is 9.27. The molecule has 0 radical (unpaired) electrons. The van der Waals surface area contributed by atoms with Crippen molar-refractivity contribution < 1.29 is 14.3 Å². The lowest BCUT2D eigenvalue weighted by atomic mass is 10.1. The van der Waals surface area contributed by atoms with E-state index in [0.29, 0.717) is 18.7 Å². The van der Waals surface area contributed by atoms with Crippen LogP contribution in [-0.2, 0) is 16.1 Å². The Balaban J connectivity index is 1.67. The van der Waals surface area contributed by atoms with Gasteiger partial charge in [0, 0.05) is 29.8 Å². The van der Waals surface area contributed by atoms with Crippen molar-refractivity contribution in [1.82, 2.24) is 4.90 Å². The number of anilines is 1. The molecule has 1 amide bonds. The van der Waals surface area contributed by atoms with E-state index in [1.807, 2.05) is 48.2 Å². The van der Waals surface area contributed by atoms with Gasteiger partial charge in [0.25, 0.3) is 0 Å². The molecule has 1 saturated heterocycles. The van der Waals surface area contributed by atoms with E-state index < -0.39 is 0 Å². The SMILES string of the molecule is COC(=O)c1ccc(CN2CCN(c3ccc(Br)cc3)C(=O)[C@H]2C)cc1. The van der Waals surface area contributed by atoms with Gasteiger partial charge in [-0.25, -0.2) is 4.79 Å². The summed E-state index contributed by atoms with van der Waals surface area (Å²) in [5, 5.41) is 0. The number of amides is 1. The van der Waals surface area contributed by atoms with Gasteiger partial charge in [-0.05, 0) is 48.9 Å². The number of rotatable bonds is 4. The number of piperazine rings is 1. The van der Waals surface area contributed by atoms with Crippen molar-refractivity contribution in [2.24, 2.45) is 0 Å². The molecule has 136 valence electrons. The van der Waals surface area contributed by atoms with Crippen LogP contribution in [0.4, 0.5) is 5.69 Å². The molecule has 0 bridgehead atoms. The number of esters is 1. The van der Waals surface area contributed by atoms with Crippen molar-refractivity contribution in [2.45, 2.75) is 19.5 Å². The highest BCUT2D eigenvalue weighted by molar-refractivity contribution is 9.10. The predicted octanol–water partition coefficient (Wildman–Crippen LogP) is 3.47. The van der Waals surface area contributed by atoms with Gasteiger partial charge in [-0.15, -0.1) is 0 Å². The number of nitrogens with zero attached hydrogens (tertiary/aromatic N) is 2. The minimum absolute atomic E-state index is 0.102. The van der Waals surface area contributed by atoms with Gasteiger partial charge in [-0.3, -0.25) is 9.69 Å². The molecule has 3 rings (SSSR count). The summed E-state index contributed by atoms with van der Waals surface area (Å²) in [6, 6.07) is 14.9. The number of halogens is 1. The standard InChI is InChI=1S/C20H21BrN2O3/c1-14-19(24)23(18-9-7-17(21)8-10-18)12-11-22(14)13-15-3-5-16(6-4-15)20(25)26-2/h3-10,14H,11-13H2,1-2H3/t14-/m1/s1. The fourth-order valence-electron chi connectivity index (χ4n) is 3.11. The van der Waals surface area contributed by atoms with Gasteiger partial charge >= 0.3 is 5.97 Å². The number of carbonyl (C=O) groups is 2. The third-order valence-electron chi connectivity index (χ3n) is 4.68. The molecule has 26 heavy (non-hydrogen) atoms. The van der Waals surface area contributed by atoms with Gasteiger partial charge in [0.2, 0.25) is 5.91 Å². The van der Waals surface area contributed by atoms with Gasteiger partial charge in [0.1, 0.15) is 0 Å². The zero-order valence-electron chi connectivity index (χ0n) is 14.8. The molecule has 1 aliphatic heterocycles. The Bertz CT molecular complexity index is 790. The second-order valence-electron chi connectivity index (χ2n) is 6.30. The Morgan fingerprint density at radius 1 is 1.12 bits per heavy atom. The number of hydrogen-bond donors (Lipinski definition) is 0. The molecule has 1 atom stereocenters. The predicted molar refractivity (Wildman–Crippen MR) is 104 cm³/mol. The fraction of sp³-hybridized carbons (Fsp3) is 0.300. The molecule has 0 spiro atoms. The summed E-state index contributed by atoms with van der Waals surface area (Å²) in [4.78, 5) is 28.3. The highest BCUT2D eigenvalue weighted by Gasteiger charge is 2.32. The number of benzene rings is 2. The van der Waals surface area contributed by atoms with E-state index in [4.69, 9.17) is 4.74 Å². The van der Waals surface area contributed by atoms with Crippen LogP contribution < -0.4 is 4.90 Å². The highest BCUT2D eigenvalue weighted by atomic mass is 79.9. The average Bonchev–Trinajstić information content (AvgIpc) is 2.66. The van der Waals surface area contributed by atoms with Gasteiger partial charge < -0.3 is 9.64 Å². The van der Waals surface area contributed by atoms with Crippen molar-refractivity contribution >= 4 is 33.5 Å². The van der Waals surface area contributed by atoms with Crippen molar-refractivity contribution in [1.29, 1.82) is 0 Å². The lowest BCUT2D eigenvalue weighted by molar-refractivity contribution is -0.125. The molecule has 5 nitrogen and oxygen atoms in total. The Labute approximate surface area is 161 Å². The molecule has 0 aromatic heterocycles. The van der Waals surface area contributed by atoms with E-state index in [1.165, 1.54) is 7.11 Å². The minimum Gasteiger partial charge on any atom is -0.465 e. The van der Waals surface area contributed by atoms with Crippen LogP contribution in [0.15, 0.2) is 53.0 Å². The van der Waals surface area contributed by atoms with E-state index >= 15 is 0 Å². The average molecular weight is 417 g/mol. The van der Waals surface area contributed by atoms with Gasteiger partial charge in [0.05, 0.1) is 18.7 Å². The van der Waals surface area contributed by atoms with Crippen LogP contribution in [0, 0.1) is 0 Å². The topological polar surface area (TPSA) is 49.9 Å². The third-order valence-corrected chi connectivity index (χ3v) is 5.21. The molecule has 1 fully saturated rings. The number of methoxy groups -OCH3 is 1. The van der Waals surface area contributed by atoms with Crippen LogP contribution in [0.5, 0.6) is 0 Å². The molecule has 1 heterocycles. The second-order valence-corrected chi connectivity index (χ2v) is 7.22. The summed E-state index contributed by atoms with van der Waals surface area (Å²) in [6.07, 6.45) is 0. The van der Waals surface area contributed by atoms with Gasteiger partial charge in [0.15, 0.2) is 0 Å². The van der Waals surface area contributed by atoms with E-state index in [1.54, 1.807) is 12.1 Å². The van der Waals surface area contributed by atoms with Crippen molar-refractivity contribution in [3.05, 3.63) is 64.1 Å². The first-order valence-electron chi connectivity index (χ1n) is 8.48. The normalized spacial score (nSPS) is 18.0. The van der Waals surface area contributed by atoms with E-state index in [9.17, 15) is 9.59 Å². The smallest absolute Gasteiger partial charge is 0.337 e. The third kappa shape index (κ3) is 3.97. The fourth-order valence-corrected chi connectivity index (χ4v) is 3.37. The van der Waals surface area contributed by atoms with E-state index in [0.717, 1.165) is 22.3 Å². The van der Waals surface area contributed by atoms with Crippen LogP contribution in [0.25, 0.3) is 0 Å². The van der Waals surface area contributed by atoms with Gasteiger partial charge in [-0.1, -0.05) is 28.1 Å². The largest absolute Gasteiger partial charge is 0.465 e. The Hall–Kier alpha value is -2.18. The van der Waals surface area contributed by atoms with Crippen molar-refractivity contribution in [2.75, 3.05) is 25.1 Å². The summed E-state index contributed by atoms with van der Waals surface area (Å²) in [6.45, 7) is 4.06. The van der Waals surface area contributed by atoms with Crippen LogP contribution >= 0.6 is 15.9 Å². The molecule has 2 aromatic carbocycles. The zero-order valence-corrected chi connectivity index (χ0v) is 16.4. The van der Waals surface area contributed by atoms with E-state index in [2.05, 4.69) is 20.8 Å². The highest BCUT2D eigenvalue weighted by Crippen LogP contribution is 2.23. The summed E-state index contributed by atoms with van der Waals surface area (Å²) < 4.78 is 5.71. The Morgan fingerprint density at radius 2 is 1.77 bits per heavy atom. The molecule has 6 heteroatoms. The number of ether oxygens (including phenoxy) is 1. The molecular weight excluding hydrogens is 396 g/mol. The maximum Gasteiger partial charge on any atom is 0.337 e. The molecule has 0 saturated carbocycles. The molecule has 0 unspecified atom stereocenters. The molecule has 0 aliphatic carbocycles. The van der Waals surface area contributed by atoms with Crippen molar-refractivity contribution in [3.63, 3.8) is 0 Å². The first-order chi connectivity index (χ1) is 12.5. The quantitative estimate of drug-likeness (QED) is 0.715. The zero-order chi connectivity index (χ0) is 18.7. The van der Waals surface area contributed by atoms with Crippen molar-refractivity contribution in [3.8, 4) is 0 Å². The molecule has 1 aliphatic rings. The first kappa shape index (κ1) is 18.6. The molecule has 2 aromatic rings. The monoisotopic (exact) mass is 416 g/mol. The van der Waals surface area contributed by atoms with Crippen LogP contribution in [0.3, 0.4) is 0 Å². The number of carbonyl (C=O) groups excluding carboxylic acids is 2. The lowest BCUT2D eigenvalue weighted by Gasteiger charge is -2.39. The minimum atomic E-state index is -0.344. The summed E-state index contributed by atoms with van der Waals surface area (Å²) in [7, 11) is 1.37. The molecular formula is C20H21BrN2O3. The van der Waals surface area contributed by atoms with Crippen LogP contribution in [-0.4, -0.2) is 43.0 Å².